The molecule has 94 valence electrons. The van der Waals surface area contributed by atoms with Gasteiger partial charge in [0.05, 0.1) is 11.6 Å². The summed E-state index contributed by atoms with van der Waals surface area (Å²) in [5, 5.41) is 9.77. The first-order valence-electron chi connectivity index (χ1n) is 6.04. The normalized spacial score (nSPS) is 16.4. The van der Waals surface area contributed by atoms with Gasteiger partial charge in [0.25, 0.3) is 0 Å². The summed E-state index contributed by atoms with van der Waals surface area (Å²) in [6, 6.07) is 5.43. The lowest BCUT2D eigenvalue weighted by Crippen LogP contribution is -2.25. The molecule has 1 saturated heterocycles. The van der Waals surface area contributed by atoms with Gasteiger partial charge in [0.15, 0.2) is 0 Å². The molecule has 0 aromatic heterocycles. The molecule has 0 radical (unpaired) electrons. The maximum atomic E-state index is 9.20. The molecule has 1 N–H and O–H groups in total. The Morgan fingerprint density at radius 2 is 2.06 bits per heavy atom. The van der Waals surface area contributed by atoms with Gasteiger partial charge < -0.3 is 9.84 Å². The number of hydrogen-bond donors (Lipinski definition) is 1. The molecule has 0 aliphatic carbocycles. The van der Waals surface area contributed by atoms with Crippen LogP contribution in [0.15, 0.2) is 18.2 Å². The standard InChI is InChI=1S/C13H18ClNO2/c14-12-5-3-4-11(10-16)13(12)17-9-8-15-6-1-2-7-15/h3-5,16H,1-2,6-10H2. The maximum Gasteiger partial charge on any atom is 0.143 e. The van der Waals surface area contributed by atoms with Crippen molar-refractivity contribution in [3.05, 3.63) is 28.8 Å². The van der Waals surface area contributed by atoms with Crippen LogP contribution in [0.25, 0.3) is 0 Å². The van der Waals surface area contributed by atoms with Crippen LogP contribution in [0.5, 0.6) is 5.75 Å². The van der Waals surface area contributed by atoms with E-state index in [1.807, 2.05) is 12.1 Å². The number of ether oxygens (including phenoxy) is 1. The number of hydrogen-bond acceptors (Lipinski definition) is 3. The summed E-state index contributed by atoms with van der Waals surface area (Å²) in [4.78, 5) is 2.38. The van der Waals surface area contributed by atoms with E-state index in [4.69, 9.17) is 16.3 Å². The molecular formula is C13H18ClNO2. The van der Waals surface area contributed by atoms with Crippen molar-refractivity contribution in [2.24, 2.45) is 0 Å². The Balaban J connectivity index is 1.89. The topological polar surface area (TPSA) is 32.7 Å². The molecule has 0 unspecified atom stereocenters. The van der Waals surface area contributed by atoms with Crippen LogP contribution in [0.1, 0.15) is 18.4 Å². The number of aliphatic hydroxyl groups excluding tert-OH is 1. The lowest BCUT2D eigenvalue weighted by Gasteiger charge is -2.16. The van der Waals surface area contributed by atoms with Gasteiger partial charge in [-0.15, -0.1) is 0 Å². The summed E-state index contributed by atoms with van der Waals surface area (Å²) in [5.74, 6) is 0.621. The van der Waals surface area contributed by atoms with Crippen LogP contribution in [-0.2, 0) is 6.61 Å². The van der Waals surface area contributed by atoms with E-state index >= 15 is 0 Å². The average Bonchev–Trinajstić information content (AvgIpc) is 2.84. The SMILES string of the molecule is OCc1cccc(Cl)c1OCCN1CCCC1. The molecule has 1 aromatic carbocycles. The van der Waals surface area contributed by atoms with Gasteiger partial charge in [0, 0.05) is 12.1 Å². The number of halogens is 1. The zero-order valence-corrected chi connectivity index (χ0v) is 10.6. The second-order valence-corrected chi connectivity index (χ2v) is 4.69. The summed E-state index contributed by atoms with van der Waals surface area (Å²) >= 11 is 6.05. The van der Waals surface area contributed by atoms with E-state index in [9.17, 15) is 5.11 Å². The second kappa shape index (κ2) is 6.24. The number of para-hydroxylation sites is 1. The predicted molar refractivity (Wildman–Crippen MR) is 68.5 cm³/mol. The molecule has 1 aromatic rings. The number of nitrogens with zero attached hydrogens (tertiary/aromatic N) is 1. The zero-order valence-electron chi connectivity index (χ0n) is 9.86. The first-order chi connectivity index (χ1) is 8.31. The molecule has 0 amide bonds. The molecule has 1 heterocycles. The Bertz CT molecular complexity index is 364. The summed E-state index contributed by atoms with van der Waals surface area (Å²) < 4.78 is 5.69. The molecule has 1 aliphatic heterocycles. The minimum absolute atomic E-state index is 0.0421. The van der Waals surface area contributed by atoms with Crippen molar-refractivity contribution in [1.82, 2.24) is 4.90 Å². The molecule has 4 heteroatoms. The number of benzene rings is 1. The fourth-order valence-corrected chi connectivity index (χ4v) is 2.37. The summed E-state index contributed by atoms with van der Waals surface area (Å²) in [7, 11) is 0. The van der Waals surface area contributed by atoms with Crippen LogP contribution in [0.4, 0.5) is 0 Å². The van der Waals surface area contributed by atoms with Crippen molar-refractivity contribution in [3.8, 4) is 5.75 Å². The van der Waals surface area contributed by atoms with Crippen molar-refractivity contribution in [3.63, 3.8) is 0 Å². The molecule has 0 atom stereocenters. The van der Waals surface area contributed by atoms with E-state index in [-0.39, 0.29) is 6.61 Å². The van der Waals surface area contributed by atoms with Gasteiger partial charge in [0.2, 0.25) is 0 Å². The first-order valence-corrected chi connectivity index (χ1v) is 6.42. The highest BCUT2D eigenvalue weighted by Crippen LogP contribution is 2.28. The smallest absolute Gasteiger partial charge is 0.143 e. The van der Waals surface area contributed by atoms with E-state index < -0.39 is 0 Å². The Morgan fingerprint density at radius 3 is 2.76 bits per heavy atom. The Kier molecular flexibility index (Phi) is 4.66. The highest BCUT2D eigenvalue weighted by atomic mass is 35.5. The van der Waals surface area contributed by atoms with Gasteiger partial charge in [-0.1, -0.05) is 23.7 Å². The van der Waals surface area contributed by atoms with E-state index in [0.29, 0.717) is 17.4 Å². The average molecular weight is 256 g/mol. The van der Waals surface area contributed by atoms with Gasteiger partial charge in [0.1, 0.15) is 12.4 Å². The van der Waals surface area contributed by atoms with Crippen molar-refractivity contribution in [2.75, 3.05) is 26.2 Å². The monoisotopic (exact) mass is 255 g/mol. The van der Waals surface area contributed by atoms with Gasteiger partial charge in [-0.3, -0.25) is 4.90 Å². The van der Waals surface area contributed by atoms with Crippen LogP contribution in [-0.4, -0.2) is 36.2 Å². The van der Waals surface area contributed by atoms with Crippen molar-refractivity contribution in [2.45, 2.75) is 19.4 Å². The summed E-state index contributed by atoms with van der Waals surface area (Å²) in [6.07, 6.45) is 2.57. The molecule has 0 spiro atoms. The summed E-state index contributed by atoms with van der Waals surface area (Å²) in [5.41, 5.74) is 0.749. The molecular weight excluding hydrogens is 238 g/mol. The lowest BCUT2D eigenvalue weighted by atomic mass is 10.2. The molecule has 1 aliphatic rings. The van der Waals surface area contributed by atoms with Crippen LogP contribution in [0, 0.1) is 0 Å². The highest BCUT2D eigenvalue weighted by Gasteiger charge is 2.12. The van der Waals surface area contributed by atoms with Crippen LogP contribution in [0.3, 0.4) is 0 Å². The molecule has 17 heavy (non-hydrogen) atoms. The third-order valence-electron chi connectivity index (χ3n) is 3.07. The van der Waals surface area contributed by atoms with Crippen molar-refractivity contribution >= 4 is 11.6 Å². The predicted octanol–water partition coefficient (Wildman–Crippen LogP) is 2.31. The fraction of sp³-hybridized carbons (Fsp3) is 0.538. The molecule has 2 rings (SSSR count). The minimum atomic E-state index is -0.0421. The number of rotatable bonds is 5. The van der Waals surface area contributed by atoms with Crippen LogP contribution >= 0.6 is 11.6 Å². The first kappa shape index (κ1) is 12.7. The number of likely N-dealkylation sites (tertiary alicyclic amines) is 1. The third-order valence-corrected chi connectivity index (χ3v) is 3.37. The van der Waals surface area contributed by atoms with Crippen LogP contribution < -0.4 is 4.74 Å². The van der Waals surface area contributed by atoms with Gasteiger partial charge in [-0.25, -0.2) is 0 Å². The summed E-state index contributed by atoms with van der Waals surface area (Å²) in [6.45, 7) is 3.84. The Morgan fingerprint density at radius 1 is 1.29 bits per heavy atom. The van der Waals surface area contributed by atoms with Gasteiger partial charge in [-0.05, 0) is 32.0 Å². The maximum absolute atomic E-state index is 9.20. The van der Waals surface area contributed by atoms with Crippen molar-refractivity contribution in [1.29, 1.82) is 0 Å². The van der Waals surface area contributed by atoms with E-state index in [0.717, 1.165) is 12.1 Å². The number of aliphatic hydroxyl groups is 1. The van der Waals surface area contributed by atoms with Crippen LogP contribution in [0.2, 0.25) is 5.02 Å². The zero-order chi connectivity index (χ0) is 12.1. The Hall–Kier alpha value is -0.770. The van der Waals surface area contributed by atoms with Gasteiger partial charge in [-0.2, -0.15) is 0 Å². The van der Waals surface area contributed by atoms with Crippen molar-refractivity contribution < 1.29 is 9.84 Å². The van der Waals surface area contributed by atoms with E-state index in [1.54, 1.807) is 6.07 Å². The highest BCUT2D eigenvalue weighted by molar-refractivity contribution is 6.32. The molecule has 3 nitrogen and oxygen atoms in total. The molecule has 1 fully saturated rings. The minimum Gasteiger partial charge on any atom is -0.490 e. The second-order valence-electron chi connectivity index (χ2n) is 4.28. The third kappa shape index (κ3) is 3.35. The van der Waals surface area contributed by atoms with Gasteiger partial charge >= 0.3 is 0 Å². The largest absolute Gasteiger partial charge is 0.490 e. The molecule has 0 saturated carbocycles. The lowest BCUT2D eigenvalue weighted by molar-refractivity contribution is 0.227. The fourth-order valence-electron chi connectivity index (χ4n) is 2.12. The quantitative estimate of drug-likeness (QED) is 0.877. The Labute approximate surface area is 107 Å². The van der Waals surface area contributed by atoms with E-state index in [1.165, 1.54) is 25.9 Å². The molecule has 0 bridgehead atoms. The van der Waals surface area contributed by atoms with E-state index in [2.05, 4.69) is 4.90 Å².